The average molecular weight is 408 g/mol. The van der Waals surface area contributed by atoms with Crippen LogP contribution in [-0.2, 0) is 0 Å². The summed E-state index contributed by atoms with van der Waals surface area (Å²) in [4.78, 5) is 12.9. The van der Waals surface area contributed by atoms with Crippen LogP contribution >= 0.6 is 15.9 Å². The summed E-state index contributed by atoms with van der Waals surface area (Å²) in [6.45, 7) is 0. The van der Waals surface area contributed by atoms with Gasteiger partial charge in [0.15, 0.2) is 11.5 Å². The molecule has 26 heavy (non-hydrogen) atoms. The van der Waals surface area contributed by atoms with Gasteiger partial charge < -0.3 is 9.88 Å². The zero-order valence-electron chi connectivity index (χ0n) is 13.6. The molecule has 2 aromatic heterocycles. The summed E-state index contributed by atoms with van der Waals surface area (Å²) in [5.41, 5.74) is 1.73. The molecule has 0 aliphatic heterocycles. The monoisotopic (exact) mass is 407 g/mol. The van der Waals surface area contributed by atoms with E-state index in [9.17, 15) is 4.79 Å². The van der Waals surface area contributed by atoms with E-state index in [0.29, 0.717) is 11.5 Å². The molecule has 0 fully saturated rings. The summed E-state index contributed by atoms with van der Waals surface area (Å²) in [5.74, 6) is 0.244. The summed E-state index contributed by atoms with van der Waals surface area (Å²) in [5, 5.41) is 11.2. The van der Waals surface area contributed by atoms with Crippen LogP contribution in [0.3, 0.4) is 0 Å². The number of para-hydroxylation sites is 2. The maximum absolute atomic E-state index is 12.9. The maximum Gasteiger partial charge on any atom is 0.280 e. The van der Waals surface area contributed by atoms with Gasteiger partial charge in [-0.05, 0) is 52.3 Å². The van der Waals surface area contributed by atoms with Crippen LogP contribution in [0.5, 0.6) is 0 Å². The Labute approximate surface area is 158 Å². The second-order valence-electron chi connectivity index (χ2n) is 5.53. The predicted octanol–water partition coefficient (Wildman–Crippen LogP) is 4.07. The minimum atomic E-state index is -0.331. The first-order chi connectivity index (χ1) is 12.7. The molecule has 0 aliphatic carbocycles. The number of aromatic nitrogens is 4. The lowest BCUT2D eigenvalue weighted by atomic mass is 10.3. The number of halogens is 1. The lowest BCUT2D eigenvalue weighted by Crippen LogP contribution is -2.16. The average Bonchev–Trinajstić information content (AvgIpc) is 3.33. The number of carbonyl (C=O) groups excluding carboxylic acids is 1. The third kappa shape index (κ3) is 3.04. The minimum Gasteiger partial charge on any atom is -0.319 e. The van der Waals surface area contributed by atoms with Crippen molar-refractivity contribution in [3.8, 4) is 11.5 Å². The van der Waals surface area contributed by atoms with E-state index >= 15 is 0 Å². The van der Waals surface area contributed by atoms with E-state index in [-0.39, 0.29) is 11.6 Å². The SMILES string of the molecule is O=C(Nc1ccccc1Br)c1nnn(-c2ccccc2)c1-n1cccc1. The first kappa shape index (κ1) is 16.3. The normalized spacial score (nSPS) is 10.7. The van der Waals surface area contributed by atoms with Gasteiger partial charge in [0.25, 0.3) is 5.91 Å². The fraction of sp³-hybridized carbons (Fsp3) is 0. The number of nitrogens with one attached hydrogen (secondary N) is 1. The number of benzene rings is 2. The summed E-state index contributed by atoms with van der Waals surface area (Å²) in [6, 6.07) is 20.8. The van der Waals surface area contributed by atoms with E-state index in [1.165, 1.54) is 0 Å². The second-order valence-corrected chi connectivity index (χ2v) is 6.39. The fourth-order valence-electron chi connectivity index (χ4n) is 2.62. The lowest BCUT2D eigenvalue weighted by Gasteiger charge is -2.10. The smallest absolute Gasteiger partial charge is 0.280 e. The molecule has 0 saturated carbocycles. The molecular weight excluding hydrogens is 394 g/mol. The highest BCUT2D eigenvalue weighted by molar-refractivity contribution is 9.10. The topological polar surface area (TPSA) is 64.7 Å². The third-order valence-electron chi connectivity index (χ3n) is 3.83. The van der Waals surface area contributed by atoms with Gasteiger partial charge in [-0.3, -0.25) is 4.79 Å². The number of amides is 1. The molecule has 2 heterocycles. The standard InChI is InChI=1S/C19H14BrN5O/c20-15-10-4-5-11-16(15)21-18(26)17-19(24-12-6-7-13-24)25(23-22-17)14-8-2-1-3-9-14/h1-13H,(H,21,26). The van der Waals surface area contributed by atoms with Gasteiger partial charge in [-0.2, -0.15) is 4.68 Å². The van der Waals surface area contributed by atoms with E-state index < -0.39 is 0 Å². The van der Waals surface area contributed by atoms with Crippen LogP contribution in [0.2, 0.25) is 0 Å². The van der Waals surface area contributed by atoms with Crippen LogP contribution in [-0.4, -0.2) is 25.5 Å². The summed E-state index contributed by atoms with van der Waals surface area (Å²) in [6.07, 6.45) is 3.71. The van der Waals surface area contributed by atoms with Crippen LogP contribution in [0, 0.1) is 0 Å². The van der Waals surface area contributed by atoms with E-state index in [0.717, 1.165) is 10.2 Å². The number of hydrogen-bond donors (Lipinski definition) is 1. The zero-order chi connectivity index (χ0) is 17.9. The Morgan fingerprint density at radius 1 is 0.923 bits per heavy atom. The van der Waals surface area contributed by atoms with Crippen molar-refractivity contribution < 1.29 is 4.79 Å². The van der Waals surface area contributed by atoms with Gasteiger partial charge in [-0.25, -0.2) is 0 Å². The molecule has 2 aromatic carbocycles. The van der Waals surface area contributed by atoms with Crippen LogP contribution in [0.4, 0.5) is 5.69 Å². The van der Waals surface area contributed by atoms with E-state index in [4.69, 9.17) is 0 Å². The largest absolute Gasteiger partial charge is 0.319 e. The Hall–Kier alpha value is -3.19. The van der Waals surface area contributed by atoms with E-state index in [1.807, 2.05) is 83.7 Å². The fourth-order valence-corrected chi connectivity index (χ4v) is 3.00. The molecule has 0 radical (unpaired) electrons. The van der Waals surface area contributed by atoms with Gasteiger partial charge in [0.1, 0.15) is 0 Å². The lowest BCUT2D eigenvalue weighted by molar-refractivity contribution is 0.102. The van der Waals surface area contributed by atoms with Crippen molar-refractivity contribution in [3.05, 3.63) is 89.3 Å². The summed E-state index contributed by atoms with van der Waals surface area (Å²) < 4.78 is 4.27. The molecular formula is C19H14BrN5O. The molecule has 1 N–H and O–H groups in total. The highest BCUT2D eigenvalue weighted by Crippen LogP contribution is 2.23. The Balaban J connectivity index is 1.78. The van der Waals surface area contributed by atoms with Gasteiger partial charge in [0.2, 0.25) is 0 Å². The highest BCUT2D eigenvalue weighted by atomic mass is 79.9. The number of hydrogen-bond acceptors (Lipinski definition) is 3. The zero-order valence-corrected chi connectivity index (χ0v) is 15.2. The number of rotatable bonds is 4. The molecule has 0 spiro atoms. The minimum absolute atomic E-state index is 0.237. The number of carbonyl (C=O) groups is 1. The van der Waals surface area contributed by atoms with Crippen molar-refractivity contribution in [3.63, 3.8) is 0 Å². The van der Waals surface area contributed by atoms with Gasteiger partial charge in [0.05, 0.1) is 11.4 Å². The molecule has 0 bridgehead atoms. The van der Waals surface area contributed by atoms with Gasteiger partial charge in [0, 0.05) is 16.9 Å². The van der Waals surface area contributed by atoms with Crippen molar-refractivity contribution in [2.45, 2.75) is 0 Å². The molecule has 1 amide bonds. The van der Waals surface area contributed by atoms with Crippen molar-refractivity contribution >= 4 is 27.5 Å². The Kier molecular flexibility index (Phi) is 4.37. The van der Waals surface area contributed by atoms with E-state index in [2.05, 4.69) is 31.6 Å². The molecule has 4 rings (SSSR count). The second kappa shape index (κ2) is 6.97. The Morgan fingerprint density at radius 2 is 1.62 bits per heavy atom. The molecule has 0 saturated heterocycles. The molecule has 0 unspecified atom stereocenters. The molecule has 6 nitrogen and oxygen atoms in total. The molecule has 4 aromatic rings. The molecule has 7 heteroatoms. The third-order valence-corrected chi connectivity index (χ3v) is 4.53. The number of anilines is 1. The van der Waals surface area contributed by atoms with Crippen LogP contribution in [0.1, 0.15) is 10.5 Å². The van der Waals surface area contributed by atoms with Crippen molar-refractivity contribution in [2.75, 3.05) is 5.32 Å². The van der Waals surface area contributed by atoms with Crippen molar-refractivity contribution in [1.82, 2.24) is 19.6 Å². The summed E-state index contributed by atoms with van der Waals surface area (Å²) >= 11 is 3.44. The van der Waals surface area contributed by atoms with Crippen molar-refractivity contribution in [1.29, 1.82) is 0 Å². The Bertz CT molecular complexity index is 1040. The highest BCUT2D eigenvalue weighted by Gasteiger charge is 2.22. The molecule has 128 valence electrons. The van der Waals surface area contributed by atoms with E-state index in [1.54, 1.807) is 4.68 Å². The quantitative estimate of drug-likeness (QED) is 0.554. The van der Waals surface area contributed by atoms with Crippen LogP contribution < -0.4 is 5.32 Å². The molecule has 0 aliphatic rings. The van der Waals surface area contributed by atoms with Gasteiger partial charge >= 0.3 is 0 Å². The number of nitrogens with zero attached hydrogens (tertiary/aromatic N) is 4. The first-order valence-electron chi connectivity index (χ1n) is 7.94. The molecule has 0 atom stereocenters. The summed E-state index contributed by atoms with van der Waals surface area (Å²) in [7, 11) is 0. The van der Waals surface area contributed by atoms with Crippen molar-refractivity contribution in [2.24, 2.45) is 0 Å². The first-order valence-corrected chi connectivity index (χ1v) is 8.73. The van der Waals surface area contributed by atoms with Crippen LogP contribution in [0.25, 0.3) is 11.5 Å². The van der Waals surface area contributed by atoms with Gasteiger partial charge in [-0.1, -0.05) is 35.5 Å². The Morgan fingerprint density at radius 3 is 2.35 bits per heavy atom. The predicted molar refractivity (Wildman–Crippen MR) is 103 cm³/mol. The maximum atomic E-state index is 12.9. The van der Waals surface area contributed by atoms with Gasteiger partial charge in [-0.15, -0.1) is 5.10 Å². The van der Waals surface area contributed by atoms with Crippen LogP contribution in [0.15, 0.2) is 83.6 Å².